The number of rotatable bonds is 3. The molecule has 0 aliphatic heterocycles. The van der Waals surface area contributed by atoms with Crippen molar-refractivity contribution >= 4 is 23.3 Å². The molecule has 18 heavy (non-hydrogen) atoms. The molecule has 0 aromatic heterocycles. The van der Waals surface area contributed by atoms with Gasteiger partial charge in [-0.3, -0.25) is 4.79 Å². The van der Waals surface area contributed by atoms with Crippen LogP contribution in [-0.2, 0) is 4.79 Å². The summed E-state index contributed by atoms with van der Waals surface area (Å²) in [5.74, 6) is -0.132. The number of hydrogen-bond donors (Lipinski definition) is 3. The van der Waals surface area contributed by atoms with E-state index in [1.165, 1.54) is 6.92 Å². The van der Waals surface area contributed by atoms with E-state index in [0.717, 1.165) is 18.4 Å². The van der Waals surface area contributed by atoms with E-state index in [1.54, 1.807) is 12.1 Å². The third-order valence-corrected chi connectivity index (χ3v) is 2.72. The predicted octanol–water partition coefficient (Wildman–Crippen LogP) is 2.24. The molecule has 96 valence electrons. The quantitative estimate of drug-likeness (QED) is 0.766. The maximum Gasteiger partial charge on any atom is 0.319 e. The van der Waals surface area contributed by atoms with Gasteiger partial charge in [0.1, 0.15) is 0 Å². The first-order valence-corrected chi connectivity index (χ1v) is 6.00. The SMILES string of the molecule is CC(=O)Nc1ccc(C)c(NC(=O)NC2CC2)c1. The zero-order chi connectivity index (χ0) is 13.1. The van der Waals surface area contributed by atoms with Crippen LogP contribution in [0.3, 0.4) is 0 Å². The second kappa shape index (κ2) is 5.08. The molecule has 3 N–H and O–H groups in total. The van der Waals surface area contributed by atoms with Gasteiger partial charge in [0, 0.05) is 24.3 Å². The first-order valence-electron chi connectivity index (χ1n) is 6.00. The maximum atomic E-state index is 11.6. The second-order valence-electron chi connectivity index (χ2n) is 4.58. The van der Waals surface area contributed by atoms with Crippen molar-refractivity contribution in [2.45, 2.75) is 32.7 Å². The number of nitrogens with one attached hydrogen (secondary N) is 3. The van der Waals surface area contributed by atoms with Gasteiger partial charge in [0.25, 0.3) is 0 Å². The van der Waals surface area contributed by atoms with Crippen LogP contribution < -0.4 is 16.0 Å². The average molecular weight is 247 g/mol. The lowest BCUT2D eigenvalue weighted by Gasteiger charge is -2.11. The zero-order valence-corrected chi connectivity index (χ0v) is 10.5. The highest BCUT2D eigenvalue weighted by Crippen LogP contribution is 2.22. The number of aryl methyl sites for hydroxylation is 1. The zero-order valence-electron chi connectivity index (χ0n) is 10.5. The summed E-state index contributed by atoms with van der Waals surface area (Å²) in [5.41, 5.74) is 2.34. The van der Waals surface area contributed by atoms with Gasteiger partial charge in [0.05, 0.1) is 0 Å². The number of amides is 3. The fourth-order valence-electron chi connectivity index (χ4n) is 1.61. The number of carbonyl (C=O) groups is 2. The molecule has 0 saturated heterocycles. The molecule has 0 radical (unpaired) electrons. The summed E-state index contributed by atoms with van der Waals surface area (Å²) in [7, 11) is 0. The third kappa shape index (κ3) is 3.48. The van der Waals surface area contributed by atoms with E-state index in [1.807, 2.05) is 13.0 Å². The Kier molecular flexibility index (Phi) is 3.50. The number of hydrogen-bond acceptors (Lipinski definition) is 2. The molecule has 5 nitrogen and oxygen atoms in total. The molecule has 0 heterocycles. The van der Waals surface area contributed by atoms with Gasteiger partial charge in [-0.2, -0.15) is 0 Å². The van der Waals surface area contributed by atoms with Crippen LogP contribution in [0.25, 0.3) is 0 Å². The van der Waals surface area contributed by atoms with Crippen molar-refractivity contribution in [1.29, 1.82) is 0 Å². The maximum absolute atomic E-state index is 11.6. The molecular weight excluding hydrogens is 230 g/mol. The summed E-state index contributed by atoms with van der Waals surface area (Å²) in [6, 6.07) is 5.55. The van der Waals surface area contributed by atoms with Crippen molar-refractivity contribution in [3.63, 3.8) is 0 Å². The minimum absolute atomic E-state index is 0.132. The van der Waals surface area contributed by atoms with Crippen LogP contribution in [0.4, 0.5) is 16.2 Å². The van der Waals surface area contributed by atoms with E-state index in [0.29, 0.717) is 17.4 Å². The topological polar surface area (TPSA) is 70.2 Å². The molecule has 1 aromatic rings. The van der Waals surface area contributed by atoms with Gasteiger partial charge in [0.2, 0.25) is 5.91 Å². The molecule has 0 atom stereocenters. The molecule has 3 amide bonds. The number of anilines is 2. The van der Waals surface area contributed by atoms with E-state index >= 15 is 0 Å². The monoisotopic (exact) mass is 247 g/mol. The fraction of sp³-hybridized carbons (Fsp3) is 0.385. The van der Waals surface area contributed by atoms with Gasteiger partial charge in [0.15, 0.2) is 0 Å². The Labute approximate surface area is 106 Å². The van der Waals surface area contributed by atoms with Crippen molar-refractivity contribution < 1.29 is 9.59 Å². The summed E-state index contributed by atoms with van der Waals surface area (Å²) in [6.45, 7) is 3.36. The van der Waals surface area contributed by atoms with Gasteiger partial charge in [-0.15, -0.1) is 0 Å². The van der Waals surface area contributed by atoms with Crippen LogP contribution in [0, 0.1) is 6.92 Å². The highest BCUT2D eigenvalue weighted by atomic mass is 16.2. The number of urea groups is 1. The van der Waals surface area contributed by atoms with Crippen molar-refractivity contribution in [2.75, 3.05) is 10.6 Å². The molecule has 1 aromatic carbocycles. The van der Waals surface area contributed by atoms with Crippen LogP contribution in [0.1, 0.15) is 25.3 Å². The summed E-state index contributed by atoms with van der Waals surface area (Å²) >= 11 is 0. The highest BCUT2D eigenvalue weighted by molar-refractivity contribution is 5.93. The minimum atomic E-state index is -0.194. The molecule has 0 bridgehead atoms. The lowest BCUT2D eigenvalue weighted by atomic mass is 10.2. The van der Waals surface area contributed by atoms with E-state index in [-0.39, 0.29) is 11.9 Å². The van der Waals surface area contributed by atoms with Crippen molar-refractivity contribution in [1.82, 2.24) is 5.32 Å². The fourth-order valence-corrected chi connectivity index (χ4v) is 1.61. The summed E-state index contributed by atoms with van der Waals surface area (Å²) in [5, 5.41) is 8.33. The Morgan fingerprint density at radius 3 is 2.56 bits per heavy atom. The number of benzene rings is 1. The Balaban J connectivity index is 2.04. The molecule has 1 saturated carbocycles. The largest absolute Gasteiger partial charge is 0.335 e. The predicted molar refractivity (Wildman–Crippen MR) is 70.7 cm³/mol. The van der Waals surface area contributed by atoms with E-state index in [2.05, 4.69) is 16.0 Å². The van der Waals surface area contributed by atoms with Gasteiger partial charge < -0.3 is 16.0 Å². The molecule has 1 aliphatic rings. The first-order chi connectivity index (χ1) is 8.54. The van der Waals surface area contributed by atoms with E-state index < -0.39 is 0 Å². The van der Waals surface area contributed by atoms with Gasteiger partial charge >= 0.3 is 6.03 Å². The minimum Gasteiger partial charge on any atom is -0.335 e. The Morgan fingerprint density at radius 1 is 1.22 bits per heavy atom. The van der Waals surface area contributed by atoms with E-state index in [4.69, 9.17) is 0 Å². The third-order valence-electron chi connectivity index (χ3n) is 2.72. The highest BCUT2D eigenvalue weighted by Gasteiger charge is 2.23. The standard InChI is InChI=1S/C13H17N3O2/c1-8-3-4-11(14-9(2)17)7-12(8)16-13(18)15-10-5-6-10/h3-4,7,10H,5-6H2,1-2H3,(H,14,17)(H2,15,16,18). The lowest BCUT2D eigenvalue weighted by Crippen LogP contribution is -2.30. The molecule has 0 unspecified atom stereocenters. The summed E-state index contributed by atoms with van der Waals surface area (Å²) in [6.07, 6.45) is 2.11. The van der Waals surface area contributed by atoms with Gasteiger partial charge in [-0.05, 0) is 37.5 Å². The van der Waals surface area contributed by atoms with Crippen LogP contribution in [0.5, 0.6) is 0 Å². The Bertz CT molecular complexity index is 481. The average Bonchev–Trinajstić information content (AvgIpc) is 3.06. The van der Waals surface area contributed by atoms with Gasteiger partial charge in [-0.25, -0.2) is 4.79 Å². The van der Waals surface area contributed by atoms with Crippen LogP contribution in [-0.4, -0.2) is 18.0 Å². The summed E-state index contributed by atoms with van der Waals surface area (Å²) < 4.78 is 0. The Hall–Kier alpha value is -2.04. The van der Waals surface area contributed by atoms with E-state index in [9.17, 15) is 9.59 Å². The normalized spacial score (nSPS) is 13.9. The molecular formula is C13H17N3O2. The smallest absolute Gasteiger partial charge is 0.319 e. The molecule has 2 rings (SSSR count). The first kappa shape index (κ1) is 12.4. The molecule has 0 spiro atoms. The Morgan fingerprint density at radius 2 is 1.94 bits per heavy atom. The van der Waals surface area contributed by atoms with Crippen LogP contribution in [0.2, 0.25) is 0 Å². The molecule has 1 fully saturated rings. The van der Waals surface area contributed by atoms with Crippen LogP contribution >= 0.6 is 0 Å². The summed E-state index contributed by atoms with van der Waals surface area (Å²) in [4.78, 5) is 22.6. The molecule has 1 aliphatic carbocycles. The van der Waals surface area contributed by atoms with Crippen molar-refractivity contribution in [2.24, 2.45) is 0 Å². The van der Waals surface area contributed by atoms with Crippen molar-refractivity contribution in [3.8, 4) is 0 Å². The van der Waals surface area contributed by atoms with Gasteiger partial charge in [-0.1, -0.05) is 6.07 Å². The second-order valence-corrected chi connectivity index (χ2v) is 4.58. The molecule has 5 heteroatoms. The van der Waals surface area contributed by atoms with Crippen molar-refractivity contribution in [3.05, 3.63) is 23.8 Å². The lowest BCUT2D eigenvalue weighted by molar-refractivity contribution is -0.114. The van der Waals surface area contributed by atoms with Crippen LogP contribution in [0.15, 0.2) is 18.2 Å². The number of carbonyl (C=O) groups excluding carboxylic acids is 2.